The first-order valence-electron chi connectivity index (χ1n) is 4.94. The molecule has 0 saturated heterocycles. The van der Waals surface area contributed by atoms with Crippen LogP contribution in [-0.2, 0) is 4.84 Å². The fraction of sp³-hybridized carbons (Fsp3) is 0.364. The standard InChI is InChI=1S/C11H12F3NOS/c1-3-17-10-6-9(5-4-8(10)2)7-15-16-11(12,13)14/h4-7H,3H2,1-2H3/b15-7+. The largest absolute Gasteiger partial charge is 0.593 e. The first-order valence-corrected chi connectivity index (χ1v) is 5.92. The van der Waals surface area contributed by atoms with Gasteiger partial charge in [-0.3, -0.25) is 4.84 Å². The summed E-state index contributed by atoms with van der Waals surface area (Å²) < 4.78 is 35.0. The van der Waals surface area contributed by atoms with Crippen LogP contribution in [0.1, 0.15) is 18.1 Å². The zero-order valence-electron chi connectivity index (χ0n) is 9.41. The van der Waals surface area contributed by atoms with E-state index >= 15 is 0 Å². The molecule has 0 unspecified atom stereocenters. The maximum Gasteiger partial charge on any atom is 0.593 e. The van der Waals surface area contributed by atoms with Crippen molar-refractivity contribution in [2.75, 3.05) is 5.75 Å². The number of hydrogen-bond acceptors (Lipinski definition) is 3. The minimum Gasteiger partial charge on any atom is -0.294 e. The highest BCUT2D eigenvalue weighted by atomic mass is 32.2. The summed E-state index contributed by atoms with van der Waals surface area (Å²) in [4.78, 5) is 4.36. The molecule has 1 aromatic carbocycles. The Balaban J connectivity index is 2.75. The molecule has 2 nitrogen and oxygen atoms in total. The average Bonchev–Trinajstić information content (AvgIpc) is 2.21. The smallest absolute Gasteiger partial charge is 0.294 e. The Kier molecular flexibility index (Phi) is 4.86. The van der Waals surface area contributed by atoms with E-state index in [1.165, 1.54) is 0 Å². The van der Waals surface area contributed by atoms with Crippen molar-refractivity contribution in [1.29, 1.82) is 0 Å². The average molecular weight is 263 g/mol. The summed E-state index contributed by atoms with van der Waals surface area (Å²) in [5.41, 5.74) is 1.67. The fourth-order valence-electron chi connectivity index (χ4n) is 1.15. The maximum absolute atomic E-state index is 11.7. The predicted molar refractivity (Wildman–Crippen MR) is 62.3 cm³/mol. The first-order chi connectivity index (χ1) is 7.92. The molecule has 1 rings (SSSR count). The van der Waals surface area contributed by atoms with Gasteiger partial charge in [0.15, 0.2) is 0 Å². The van der Waals surface area contributed by atoms with Crippen LogP contribution in [0.5, 0.6) is 0 Å². The van der Waals surface area contributed by atoms with E-state index in [4.69, 9.17) is 0 Å². The molecule has 17 heavy (non-hydrogen) atoms. The summed E-state index contributed by atoms with van der Waals surface area (Å²) in [5.74, 6) is 0.903. The molecular formula is C11H12F3NOS. The van der Waals surface area contributed by atoms with Gasteiger partial charge in [0, 0.05) is 4.90 Å². The quantitative estimate of drug-likeness (QED) is 0.465. The third-order valence-electron chi connectivity index (χ3n) is 1.87. The number of hydrogen-bond donors (Lipinski definition) is 0. The van der Waals surface area contributed by atoms with Crippen LogP contribution in [0, 0.1) is 6.92 Å². The van der Waals surface area contributed by atoms with E-state index in [9.17, 15) is 13.2 Å². The summed E-state index contributed by atoms with van der Waals surface area (Å²) in [7, 11) is 0. The lowest BCUT2D eigenvalue weighted by Gasteiger charge is -2.05. The molecule has 0 heterocycles. The fourth-order valence-corrected chi connectivity index (χ4v) is 1.98. The molecule has 94 valence electrons. The monoisotopic (exact) mass is 263 g/mol. The number of oxime groups is 1. The number of alkyl halides is 3. The topological polar surface area (TPSA) is 21.6 Å². The summed E-state index contributed by atoms with van der Waals surface area (Å²) in [5, 5.41) is 2.88. The zero-order chi connectivity index (χ0) is 12.9. The number of benzene rings is 1. The molecule has 0 aliphatic carbocycles. The van der Waals surface area contributed by atoms with E-state index in [1.54, 1.807) is 23.9 Å². The maximum atomic E-state index is 11.7. The van der Waals surface area contributed by atoms with E-state index in [1.807, 2.05) is 19.9 Å². The van der Waals surface area contributed by atoms with E-state index in [0.717, 1.165) is 22.4 Å². The van der Waals surface area contributed by atoms with Gasteiger partial charge in [-0.1, -0.05) is 24.2 Å². The molecular weight excluding hydrogens is 251 g/mol. The van der Waals surface area contributed by atoms with Gasteiger partial charge in [0.2, 0.25) is 0 Å². The molecule has 0 aliphatic heterocycles. The van der Waals surface area contributed by atoms with Crippen LogP contribution in [0.25, 0.3) is 0 Å². The molecule has 0 saturated carbocycles. The molecule has 0 aromatic heterocycles. The van der Waals surface area contributed by atoms with Gasteiger partial charge in [-0.15, -0.1) is 24.9 Å². The van der Waals surface area contributed by atoms with Crippen molar-refractivity contribution >= 4 is 18.0 Å². The molecule has 0 N–H and O–H groups in total. The molecule has 0 bridgehead atoms. The second-order valence-electron chi connectivity index (χ2n) is 3.23. The summed E-state index contributed by atoms with van der Waals surface area (Å²) in [6.45, 7) is 3.96. The van der Waals surface area contributed by atoms with Crippen molar-refractivity contribution < 1.29 is 18.0 Å². The van der Waals surface area contributed by atoms with Gasteiger partial charge < -0.3 is 0 Å². The molecule has 0 fully saturated rings. The Morgan fingerprint density at radius 3 is 2.71 bits per heavy atom. The van der Waals surface area contributed by atoms with Gasteiger partial charge in [-0.2, -0.15) is 0 Å². The minimum absolute atomic E-state index is 0.579. The van der Waals surface area contributed by atoms with Crippen molar-refractivity contribution in [3.05, 3.63) is 29.3 Å². The number of nitrogens with zero attached hydrogens (tertiary/aromatic N) is 1. The van der Waals surface area contributed by atoms with Gasteiger partial charge in [-0.25, -0.2) is 0 Å². The number of thioether (sulfide) groups is 1. The summed E-state index contributed by atoms with van der Waals surface area (Å²) >= 11 is 1.63. The lowest BCUT2D eigenvalue weighted by Crippen LogP contribution is -2.08. The lowest BCUT2D eigenvalue weighted by atomic mass is 10.2. The van der Waals surface area contributed by atoms with Crippen molar-refractivity contribution in [3.63, 3.8) is 0 Å². The lowest BCUT2D eigenvalue weighted by molar-refractivity contribution is -0.325. The first kappa shape index (κ1) is 13.9. The van der Waals surface area contributed by atoms with Crippen LogP contribution < -0.4 is 0 Å². The van der Waals surface area contributed by atoms with Gasteiger partial charge in [0.1, 0.15) is 0 Å². The van der Waals surface area contributed by atoms with E-state index < -0.39 is 6.36 Å². The van der Waals surface area contributed by atoms with Crippen molar-refractivity contribution in [1.82, 2.24) is 0 Å². The predicted octanol–water partition coefficient (Wildman–Crippen LogP) is 3.98. The van der Waals surface area contributed by atoms with Crippen LogP contribution in [-0.4, -0.2) is 18.3 Å². The van der Waals surface area contributed by atoms with Crippen LogP contribution >= 0.6 is 11.8 Å². The Bertz CT molecular complexity index is 404. The van der Waals surface area contributed by atoms with Crippen molar-refractivity contribution in [3.8, 4) is 0 Å². The summed E-state index contributed by atoms with van der Waals surface area (Å²) in [6, 6.07) is 5.32. The number of rotatable bonds is 4. The van der Waals surface area contributed by atoms with Gasteiger partial charge >= 0.3 is 6.36 Å². The van der Waals surface area contributed by atoms with Crippen molar-refractivity contribution in [2.24, 2.45) is 5.16 Å². The van der Waals surface area contributed by atoms with Gasteiger partial charge in [0.05, 0.1) is 6.21 Å². The highest BCUT2D eigenvalue weighted by molar-refractivity contribution is 7.99. The highest BCUT2D eigenvalue weighted by Gasteiger charge is 2.30. The molecule has 1 aromatic rings. The van der Waals surface area contributed by atoms with Crippen LogP contribution in [0.2, 0.25) is 0 Å². The van der Waals surface area contributed by atoms with Crippen LogP contribution in [0.15, 0.2) is 28.3 Å². The molecule has 0 atom stereocenters. The van der Waals surface area contributed by atoms with Crippen LogP contribution in [0.3, 0.4) is 0 Å². The second-order valence-corrected chi connectivity index (χ2v) is 4.54. The van der Waals surface area contributed by atoms with E-state index in [2.05, 4.69) is 9.99 Å². The Morgan fingerprint density at radius 1 is 1.41 bits per heavy atom. The number of aryl methyl sites for hydroxylation is 1. The van der Waals surface area contributed by atoms with Gasteiger partial charge in [0.25, 0.3) is 0 Å². The SMILES string of the molecule is CCSc1cc(/C=N/OC(F)(F)F)ccc1C. The normalized spacial score (nSPS) is 12.1. The van der Waals surface area contributed by atoms with Crippen molar-refractivity contribution in [2.45, 2.75) is 25.1 Å². The Labute approximate surface area is 102 Å². The van der Waals surface area contributed by atoms with Gasteiger partial charge in [-0.05, 0) is 29.9 Å². The zero-order valence-corrected chi connectivity index (χ0v) is 10.2. The number of halogens is 3. The summed E-state index contributed by atoms with van der Waals surface area (Å²) in [6.07, 6.45) is -3.69. The Morgan fingerprint density at radius 2 is 2.12 bits per heavy atom. The minimum atomic E-state index is -4.73. The molecule has 0 aliphatic rings. The Hall–Kier alpha value is -1.17. The molecule has 0 radical (unpaired) electrons. The molecule has 0 spiro atoms. The third-order valence-corrected chi connectivity index (χ3v) is 2.91. The highest BCUT2D eigenvalue weighted by Crippen LogP contribution is 2.23. The molecule has 0 amide bonds. The second kappa shape index (κ2) is 5.95. The molecule has 6 heteroatoms. The van der Waals surface area contributed by atoms with E-state index in [0.29, 0.717) is 5.56 Å². The third kappa shape index (κ3) is 5.12. The van der Waals surface area contributed by atoms with E-state index in [-0.39, 0.29) is 0 Å². The van der Waals surface area contributed by atoms with Crippen LogP contribution in [0.4, 0.5) is 13.2 Å².